The molecule has 0 saturated heterocycles. The maximum Gasteiger partial charge on any atom is 0.222 e. The van der Waals surface area contributed by atoms with Crippen LogP contribution in [0.4, 0.5) is 0 Å². The van der Waals surface area contributed by atoms with Crippen LogP contribution in [0.5, 0.6) is 5.75 Å². The van der Waals surface area contributed by atoms with Crippen molar-refractivity contribution in [3.05, 3.63) is 29.8 Å². The quantitative estimate of drug-likeness (QED) is 0.740. The number of nitrogens with one attached hydrogen (secondary N) is 1. The first-order chi connectivity index (χ1) is 7.76. The molecule has 1 aromatic rings. The summed E-state index contributed by atoms with van der Waals surface area (Å²) in [7, 11) is 3.25. The van der Waals surface area contributed by atoms with Gasteiger partial charge in [-0.2, -0.15) is 0 Å². The van der Waals surface area contributed by atoms with Gasteiger partial charge in [-0.05, 0) is 17.7 Å². The monoisotopic (exact) mass is 223 g/mol. The summed E-state index contributed by atoms with van der Waals surface area (Å²) in [5, 5.41) is 2.54. The molecule has 0 aliphatic carbocycles. The van der Waals surface area contributed by atoms with E-state index in [2.05, 4.69) is 5.32 Å². The number of carbonyl (C=O) groups excluding carboxylic acids is 1. The Balaban J connectivity index is 2.24. The van der Waals surface area contributed by atoms with Crippen molar-refractivity contribution >= 4 is 5.91 Å². The van der Waals surface area contributed by atoms with E-state index in [1.807, 2.05) is 24.3 Å². The van der Waals surface area contributed by atoms with Gasteiger partial charge in [0.2, 0.25) is 5.91 Å². The minimum Gasteiger partial charge on any atom is -0.497 e. The summed E-state index contributed by atoms with van der Waals surface area (Å²) in [6.45, 7) is 0.951. The van der Waals surface area contributed by atoms with Gasteiger partial charge >= 0.3 is 0 Å². The molecule has 1 rings (SSSR count). The second kappa shape index (κ2) is 6.85. The molecule has 0 aliphatic heterocycles. The Morgan fingerprint density at radius 3 is 2.56 bits per heavy atom. The van der Waals surface area contributed by atoms with Crippen LogP contribution in [0.15, 0.2) is 24.3 Å². The van der Waals surface area contributed by atoms with E-state index in [0.29, 0.717) is 19.6 Å². The fourth-order valence-corrected chi connectivity index (χ4v) is 1.20. The molecule has 1 aromatic carbocycles. The zero-order valence-electron chi connectivity index (χ0n) is 9.66. The predicted octanol–water partition coefficient (Wildman–Crippen LogP) is 1.35. The molecule has 0 aromatic heterocycles. The Labute approximate surface area is 95.6 Å². The van der Waals surface area contributed by atoms with E-state index < -0.39 is 0 Å². The largest absolute Gasteiger partial charge is 0.497 e. The van der Waals surface area contributed by atoms with Crippen molar-refractivity contribution in [2.45, 2.75) is 13.0 Å². The van der Waals surface area contributed by atoms with Gasteiger partial charge in [-0.25, -0.2) is 0 Å². The van der Waals surface area contributed by atoms with E-state index in [1.54, 1.807) is 14.2 Å². The van der Waals surface area contributed by atoms with Crippen LogP contribution in [0.3, 0.4) is 0 Å². The summed E-state index contributed by atoms with van der Waals surface area (Å²) >= 11 is 0. The van der Waals surface area contributed by atoms with Crippen LogP contribution in [0, 0.1) is 0 Å². The lowest BCUT2D eigenvalue weighted by atomic mass is 10.2. The summed E-state index contributed by atoms with van der Waals surface area (Å²) in [6, 6.07) is 7.66. The minimum absolute atomic E-state index is 0.00488. The van der Waals surface area contributed by atoms with Gasteiger partial charge in [-0.3, -0.25) is 4.79 Å². The van der Waals surface area contributed by atoms with Crippen LogP contribution in [-0.2, 0) is 16.1 Å². The van der Waals surface area contributed by atoms with E-state index >= 15 is 0 Å². The fourth-order valence-electron chi connectivity index (χ4n) is 1.20. The number of hydrogen-bond acceptors (Lipinski definition) is 3. The lowest BCUT2D eigenvalue weighted by molar-refractivity contribution is -0.121. The van der Waals surface area contributed by atoms with Gasteiger partial charge in [-0.1, -0.05) is 12.1 Å². The van der Waals surface area contributed by atoms with Gasteiger partial charge in [0.25, 0.3) is 0 Å². The van der Waals surface area contributed by atoms with Gasteiger partial charge in [0.15, 0.2) is 0 Å². The highest BCUT2D eigenvalue weighted by atomic mass is 16.5. The van der Waals surface area contributed by atoms with Crippen LogP contribution in [0.1, 0.15) is 12.0 Å². The van der Waals surface area contributed by atoms with Gasteiger partial charge in [-0.15, -0.1) is 0 Å². The molecule has 0 spiro atoms. The third-order valence-electron chi connectivity index (χ3n) is 2.18. The highest BCUT2D eigenvalue weighted by Gasteiger charge is 1.98. The van der Waals surface area contributed by atoms with Crippen LogP contribution in [0.25, 0.3) is 0 Å². The minimum atomic E-state index is -0.00488. The summed E-state index contributed by atoms with van der Waals surface area (Å²) in [5.41, 5.74) is 1.07. The normalized spacial score (nSPS) is 9.88. The Hall–Kier alpha value is -1.55. The summed E-state index contributed by atoms with van der Waals surface area (Å²) in [4.78, 5) is 10.9. The van der Waals surface area contributed by atoms with E-state index in [-0.39, 0.29) is 5.91 Å². The highest BCUT2D eigenvalue weighted by Crippen LogP contribution is 2.11. The first kappa shape index (κ1) is 12.5. The van der Waals surface area contributed by atoms with Crippen molar-refractivity contribution in [1.29, 1.82) is 0 Å². The van der Waals surface area contributed by atoms with Crippen molar-refractivity contribution < 1.29 is 14.3 Å². The number of methoxy groups -OCH3 is 1. The summed E-state index contributed by atoms with van der Waals surface area (Å²) in [5.74, 6) is 0.823. The number of amides is 1. The first-order valence-electron chi connectivity index (χ1n) is 5.17. The average Bonchev–Trinajstić information content (AvgIpc) is 2.35. The SMILES string of the molecule is CNC(=O)CCOCc1ccc(OC)cc1. The Bertz CT molecular complexity index is 322. The molecule has 0 heterocycles. The molecule has 0 saturated carbocycles. The first-order valence-corrected chi connectivity index (χ1v) is 5.17. The lowest BCUT2D eigenvalue weighted by Crippen LogP contribution is -2.19. The van der Waals surface area contributed by atoms with Crippen molar-refractivity contribution in [1.82, 2.24) is 5.32 Å². The van der Waals surface area contributed by atoms with Crippen LogP contribution in [-0.4, -0.2) is 26.7 Å². The molecule has 0 radical (unpaired) electrons. The van der Waals surface area contributed by atoms with E-state index in [4.69, 9.17) is 9.47 Å². The molecule has 88 valence electrons. The second-order valence-corrected chi connectivity index (χ2v) is 3.32. The van der Waals surface area contributed by atoms with Gasteiger partial charge < -0.3 is 14.8 Å². The number of benzene rings is 1. The number of rotatable bonds is 6. The lowest BCUT2D eigenvalue weighted by Gasteiger charge is -2.05. The van der Waals surface area contributed by atoms with Crippen LogP contribution in [0.2, 0.25) is 0 Å². The summed E-state index contributed by atoms with van der Waals surface area (Å²) in [6.07, 6.45) is 0.395. The van der Waals surface area contributed by atoms with Crippen molar-refractivity contribution in [2.24, 2.45) is 0 Å². The molecule has 1 amide bonds. The Morgan fingerprint density at radius 2 is 2.00 bits per heavy atom. The van der Waals surface area contributed by atoms with Crippen LogP contribution >= 0.6 is 0 Å². The third-order valence-corrected chi connectivity index (χ3v) is 2.18. The maximum absolute atomic E-state index is 10.9. The zero-order valence-corrected chi connectivity index (χ0v) is 9.66. The molecule has 4 nitrogen and oxygen atoms in total. The van der Waals surface area contributed by atoms with Crippen molar-refractivity contribution in [3.8, 4) is 5.75 Å². The van der Waals surface area contributed by atoms with Crippen molar-refractivity contribution in [3.63, 3.8) is 0 Å². The van der Waals surface area contributed by atoms with E-state index in [0.717, 1.165) is 11.3 Å². The van der Waals surface area contributed by atoms with Gasteiger partial charge in [0.05, 0.1) is 20.3 Å². The average molecular weight is 223 g/mol. The highest BCUT2D eigenvalue weighted by molar-refractivity contribution is 5.75. The van der Waals surface area contributed by atoms with E-state index in [9.17, 15) is 4.79 Å². The Kier molecular flexibility index (Phi) is 5.36. The summed E-state index contributed by atoms with van der Waals surface area (Å²) < 4.78 is 10.4. The van der Waals surface area contributed by atoms with E-state index in [1.165, 1.54) is 0 Å². The molecule has 16 heavy (non-hydrogen) atoms. The molecule has 0 atom stereocenters. The molecule has 4 heteroatoms. The molecule has 0 bridgehead atoms. The standard InChI is InChI=1S/C12H17NO3/c1-13-12(14)7-8-16-9-10-3-5-11(15-2)6-4-10/h3-6H,7-9H2,1-2H3,(H,13,14). The number of ether oxygens (including phenoxy) is 2. The topological polar surface area (TPSA) is 47.6 Å². The Morgan fingerprint density at radius 1 is 1.31 bits per heavy atom. The fraction of sp³-hybridized carbons (Fsp3) is 0.417. The smallest absolute Gasteiger partial charge is 0.222 e. The predicted molar refractivity (Wildman–Crippen MR) is 61.3 cm³/mol. The zero-order chi connectivity index (χ0) is 11.8. The van der Waals surface area contributed by atoms with Gasteiger partial charge in [0, 0.05) is 13.5 Å². The molecular weight excluding hydrogens is 206 g/mol. The second-order valence-electron chi connectivity index (χ2n) is 3.32. The third kappa shape index (κ3) is 4.31. The number of carbonyl (C=O) groups is 1. The molecule has 1 N–H and O–H groups in total. The number of hydrogen-bond donors (Lipinski definition) is 1. The molecule has 0 unspecified atom stereocenters. The molecular formula is C12H17NO3. The van der Waals surface area contributed by atoms with Crippen LogP contribution < -0.4 is 10.1 Å². The maximum atomic E-state index is 10.9. The molecule has 0 fully saturated rings. The molecule has 0 aliphatic rings. The van der Waals surface area contributed by atoms with Crippen molar-refractivity contribution in [2.75, 3.05) is 20.8 Å². The van der Waals surface area contributed by atoms with Gasteiger partial charge in [0.1, 0.15) is 5.75 Å².